The van der Waals surface area contributed by atoms with Gasteiger partial charge in [0.15, 0.2) is 11.5 Å². The van der Waals surface area contributed by atoms with Crippen LogP contribution in [0.4, 0.5) is 5.69 Å². The third-order valence-electron chi connectivity index (χ3n) is 4.72. The summed E-state index contributed by atoms with van der Waals surface area (Å²) < 4.78 is 11.2. The third kappa shape index (κ3) is 2.73. The molecule has 0 radical (unpaired) electrons. The number of hydrogen-bond donors (Lipinski definition) is 0. The topological polar surface area (TPSA) is 61.6 Å². The monoisotopic (exact) mass is 359 g/mol. The predicted octanol–water partition coefficient (Wildman–Crippen LogP) is 5.59. The number of nitrogens with zero attached hydrogens (tertiary/aromatic N) is 1. The van der Waals surface area contributed by atoms with Crippen molar-refractivity contribution in [3.8, 4) is 22.6 Å². The van der Waals surface area contributed by atoms with Crippen molar-refractivity contribution in [3.05, 3.63) is 76.8 Å². The molecule has 0 N–H and O–H groups in total. The Morgan fingerprint density at radius 3 is 2.07 bits per heavy atom. The number of rotatable bonds is 4. The van der Waals surface area contributed by atoms with Gasteiger partial charge in [0.2, 0.25) is 0 Å². The quantitative estimate of drug-likeness (QED) is 0.352. The van der Waals surface area contributed by atoms with Gasteiger partial charge in [-0.25, -0.2) is 0 Å². The molecule has 0 unspecified atom stereocenters. The molecule has 0 aromatic heterocycles. The van der Waals surface area contributed by atoms with Gasteiger partial charge in [0.05, 0.1) is 19.1 Å². The molecule has 0 amide bonds. The van der Waals surface area contributed by atoms with Crippen LogP contribution < -0.4 is 9.47 Å². The normalized spacial score (nSPS) is 10.9. The maximum Gasteiger partial charge on any atom is 0.270 e. The molecule has 0 aliphatic carbocycles. The minimum absolute atomic E-state index is 0.0395. The molecule has 5 nitrogen and oxygen atoms in total. The fraction of sp³-hybridized carbons (Fsp3) is 0.0909. The first-order valence-electron chi connectivity index (χ1n) is 8.45. The number of ether oxygens (including phenoxy) is 2. The molecule has 4 rings (SSSR count). The molecular formula is C22H17NO4. The lowest BCUT2D eigenvalue weighted by Crippen LogP contribution is -1.97. The summed E-state index contributed by atoms with van der Waals surface area (Å²) >= 11 is 0. The van der Waals surface area contributed by atoms with Crippen LogP contribution >= 0.6 is 0 Å². The molecule has 0 saturated carbocycles. The van der Waals surface area contributed by atoms with Crippen molar-refractivity contribution < 1.29 is 14.4 Å². The predicted molar refractivity (Wildman–Crippen MR) is 107 cm³/mol. The molecule has 0 heterocycles. The molecule has 0 spiro atoms. The van der Waals surface area contributed by atoms with Gasteiger partial charge >= 0.3 is 0 Å². The van der Waals surface area contributed by atoms with Gasteiger partial charge in [-0.15, -0.1) is 0 Å². The number of fused-ring (bicyclic) bond motifs is 2. The Bertz CT molecular complexity index is 1180. The van der Waals surface area contributed by atoms with Crippen LogP contribution in [0, 0.1) is 10.1 Å². The second kappa shape index (κ2) is 6.61. The lowest BCUT2D eigenvalue weighted by molar-refractivity contribution is -0.384. The minimum Gasteiger partial charge on any atom is -0.493 e. The van der Waals surface area contributed by atoms with Crippen molar-refractivity contribution in [2.24, 2.45) is 0 Å². The molecular weight excluding hydrogens is 342 g/mol. The van der Waals surface area contributed by atoms with Crippen LogP contribution in [-0.4, -0.2) is 19.1 Å². The lowest BCUT2D eigenvalue weighted by Gasteiger charge is -2.17. The Morgan fingerprint density at radius 1 is 0.815 bits per heavy atom. The van der Waals surface area contributed by atoms with Crippen molar-refractivity contribution in [3.63, 3.8) is 0 Å². The summed E-state index contributed by atoms with van der Waals surface area (Å²) in [6, 6.07) is 20.6. The molecule has 0 fully saturated rings. The van der Waals surface area contributed by atoms with E-state index in [1.165, 1.54) is 0 Å². The molecule has 0 aliphatic heterocycles. The summed E-state index contributed by atoms with van der Waals surface area (Å²) in [5.41, 5.74) is 1.57. The van der Waals surface area contributed by atoms with Crippen molar-refractivity contribution in [1.29, 1.82) is 0 Å². The molecule has 0 saturated heterocycles. The summed E-state index contributed by atoms with van der Waals surface area (Å²) in [5.74, 6) is 1.14. The van der Waals surface area contributed by atoms with E-state index in [1.807, 2.05) is 54.6 Å². The average molecular weight is 359 g/mol. The van der Waals surface area contributed by atoms with Crippen molar-refractivity contribution in [2.45, 2.75) is 0 Å². The van der Waals surface area contributed by atoms with Crippen LogP contribution in [0.2, 0.25) is 0 Å². The molecule has 4 aromatic carbocycles. The summed E-state index contributed by atoms with van der Waals surface area (Å²) in [6.07, 6.45) is 0. The number of nitro groups is 1. The molecule has 27 heavy (non-hydrogen) atoms. The zero-order valence-electron chi connectivity index (χ0n) is 14.9. The van der Waals surface area contributed by atoms with E-state index in [0.717, 1.165) is 32.7 Å². The standard InChI is InChI=1S/C22H17NO4/c1-26-20-12-15-8-4-6-10-18(15)21(22(20)27-2)19-13-16(23(24)25)11-14-7-3-5-9-17(14)19/h3-13H,1-2H3. The Balaban J connectivity index is 2.21. The van der Waals surface area contributed by atoms with E-state index in [2.05, 4.69) is 0 Å². The smallest absolute Gasteiger partial charge is 0.270 e. The zero-order chi connectivity index (χ0) is 19.0. The molecule has 0 bridgehead atoms. The van der Waals surface area contributed by atoms with Gasteiger partial charge < -0.3 is 9.47 Å². The summed E-state index contributed by atoms with van der Waals surface area (Å²) in [4.78, 5) is 11.1. The maximum absolute atomic E-state index is 11.5. The minimum atomic E-state index is -0.370. The second-order valence-corrected chi connectivity index (χ2v) is 6.18. The zero-order valence-corrected chi connectivity index (χ0v) is 14.9. The molecule has 5 heteroatoms. The van der Waals surface area contributed by atoms with Gasteiger partial charge in [-0.05, 0) is 27.6 Å². The van der Waals surface area contributed by atoms with E-state index in [1.54, 1.807) is 26.4 Å². The van der Waals surface area contributed by atoms with Gasteiger partial charge in [-0.2, -0.15) is 0 Å². The van der Waals surface area contributed by atoms with E-state index < -0.39 is 0 Å². The van der Waals surface area contributed by atoms with Gasteiger partial charge in [-0.3, -0.25) is 10.1 Å². The van der Waals surface area contributed by atoms with E-state index >= 15 is 0 Å². The number of non-ortho nitro benzene ring substituents is 1. The third-order valence-corrected chi connectivity index (χ3v) is 4.72. The van der Waals surface area contributed by atoms with Crippen molar-refractivity contribution in [1.82, 2.24) is 0 Å². The van der Waals surface area contributed by atoms with Gasteiger partial charge in [0.25, 0.3) is 5.69 Å². The fourth-order valence-corrected chi connectivity index (χ4v) is 3.53. The lowest BCUT2D eigenvalue weighted by atomic mass is 9.92. The van der Waals surface area contributed by atoms with Crippen LogP contribution in [0.3, 0.4) is 0 Å². The number of methoxy groups -OCH3 is 2. The van der Waals surface area contributed by atoms with Gasteiger partial charge in [0.1, 0.15) is 0 Å². The van der Waals surface area contributed by atoms with E-state index in [0.29, 0.717) is 11.5 Å². The SMILES string of the molecule is COc1cc2ccccc2c(-c2cc([N+](=O)[O-])cc3ccccc23)c1OC. The highest BCUT2D eigenvalue weighted by Gasteiger charge is 2.21. The second-order valence-electron chi connectivity index (χ2n) is 6.18. The van der Waals surface area contributed by atoms with E-state index in [9.17, 15) is 10.1 Å². The number of nitro benzene ring substituents is 1. The summed E-state index contributed by atoms with van der Waals surface area (Å²) in [7, 11) is 3.16. The van der Waals surface area contributed by atoms with E-state index in [-0.39, 0.29) is 10.6 Å². The van der Waals surface area contributed by atoms with Gasteiger partial charge in [0, 0.05) is 23.3 Å². The Hall–Kier alpha value is -3.60. The summed E-state index contributed by atoms with van der Waals surface area (Å²) in [5, 5.41) is 15.2. The molecule has 4 aromatic rings. The van der Waals surface area contributed by atoms with Crippen molar-refractivity contribution >= 4 is 27.2 Å². The first-order chi connectivity index (χ1) is 13.1. The first-order valence-corrected chi connectivity index (χ1v) is 8.45. The van der Waals surface area contributed by atoms with Crippen LogP contribution in [0.1, 0.15) is 0 Å². The highest BCUT2D eigenvalue weighted by molar-refractivity contribution is 6.09. The van der Waals surface area contributed by atoms with Crippen LogP contribution in [0.25, 0.3) is 32.7 Å². The maximum atomic E-state index is 11.5. The van der Waals surface area contributed by atoms with Crippen LogP contribution in [-0.2, 0) is 0 Å². The van der Waals surface area contributed by atoms with Crippen LogP contribution in [0.5, 0.6) is 11.5 Å². The van der Waals surface area contributed by atoms with Gasteiger partial charge in [-0.1, -0.05) is 48.5 Å². The van der Waals surface area contributed by atoms with Crippen molar-refractivity contribution in [2.75, 3.05) is 14.2 Å². The molecule has 0 aliphatic rings. The number of hydrogen-bond acceptors (Lipinski definition) is 4. The average Bonchev–Trinajstić information content (AvgIpc) is 2.71. The Kier molecular flexibility index (Phi) is 4.12. The Labute approximate surface area is 155 Å². The largest absolute Gasteiger partial charge is 0.493 e. The fourth-order valence-electron chi connectivity index (χ4n) is 3.53. The first kappa shape index (κ1) is 16.8. The molecule has 134 valence electrons. The van der Waals surface area contributed by atoms with E-state index in [4.69, 9.17) is 9.47 Å². The Morgan fingerprint density at radius 2 is 1.44 bits per heavy atom. The highest BCUT2D eigenvalue weighted by atomic mass is 16.6. The molecule has 0 atom stereocenters. The highest BCUT2D eigenvalue weighted by Crippen LogP contribution is 2.46. The summed E-state index contributed by atoms with van der Waals surface area (Å²) in [6.45, 7) is 0. The van der Waals surface area contributed by atoms with Crippen LogP contribution in [0.15, 0.2) is 66.7 Å². The number of benzene rings is 4.